The van der Waals surface area contributed by atoms with Gasteiger partial charge in [0.05, 0.1) is 0 Å². The Hall–Kier alpha value is -1.22. The minimum absolute atomic E-state index is 0.166. The molecule has 0 radical (unpaired) electrons. The Bertz CT molecular complexity index is 379. The topological polar surface area (TPSA) is 41.1 Å². The molecule has 0 bridgehead atoms. The summed E-state index contributed by atoms with van der Waals surface area (Å²) in [5, 5.41) is 6.27. The van der Waals surface area contributed by atoms with Crippen molar-refractivity contribution in [3.05, 3.63) is 28.8 Å². The molecule has 1 atom stereocenters. The van der Waals surface area contributed by atoms with E-state index < -0.39 is 0 Å². The zero-order chi connectivity index (χ0) is 12.1. The van der Waals surface area contributed by atoms with Crippen LogP contribution in [0.4, 0.5) is 10.5 Å². The number of hydrogen-bond acceptors (Lipinski definition) is 1. The number of amides is 2. The number of rotatable bonds is 3. The number of anilines is 1. The van der Waals surface area contributed by atoms with E-state index in [1.165, 1.54) is 0 Å². The SMILES string of the molecule is CC[C@@H](C)NC(=O)Nc1cccc(Cl)c1C. The molecule has 2 N–H and O–H groups in total. The van der Waals surface area contributed by atoms with Crippen LogP contribution in [-0.2, 0) is 0 Å². The maximum absolute atomic E-state index is 11.6. The molecule has 0 aliphatic carbocycles. The first-order valence-electron chi connectivity index (χ1n) is 5.37. The Morgan fingerprint density at radius 3 is 2.81 bits per heavy atom. The van der Waals surface area contributed by atoms with E-state index in [9.17, 15) is 4.79 Å². The molecule has 3 nitrogen and oxygen atoms in total. The maximum Gasteiger partial charge on any atom is 0.319 e. The lowest BCUT2D eigenvalue weighted by atomic mass is 10.2. The predicted octanol–water partition coefficient (Wildman–Crippen LogP) is 3.57. The molecule has 0 aliphatic rings. The van der Waals surface area contributed by atoms with E-state index in [-0.39, 0.29) is 12.1 Å². The summed E-state index contributed by atoms with van der Waals surface area (Å²) in [6, 6.07) is 5.42. The number of carbonyl (C=O) groups excluding carboxylic acids is 1. The third-order valence-corrected chi connectivity index (χ3v) is 2.92. The first-order valence-corrected chi connectivity index (χ1v) is 5.75. The van der Waals surface area contributed by atoms with E-state index in [1.54, 1.807) is 6.07 Å². The van der Waals surface area contributed by atoms with Crippen LogP contribution in [0.25, 0.3) is 0 Å². The van der Waals surface area contributed by atoms with Crippen molar-refractivity contribution < 1.29 is 4.79 Å². The fourth-order valence-corrected chi connectivity index (χ4v) is 1.40. The molecule has 0 aliphatic heterocycles. The molecule has 1 rings (SSSR count). The van der Waals surface area contributed by atoms with E-state index >= 15 is 0 Å². The molecule has 0 spiro atoms. The van der Waals surface area contributed by atoms with Gasteiger partial charge < -0.3 is 10.6 Å². The zero-order valence-electron chi connectivity index (χ0n) is 9.80. The van der Waals surface area contributed by atoms with Crippen molar-refractivity contribution in [1.29, 1.82) is 0 Å². The van der Waals surface area contributed by atoms with Gasteiger partial charge in [-0.15, -0.1) is 0 Å². The average molecular weight is 241 g/mol. The van der Waals surface area contributed by atoms with Gasteiger partial charge in [-0.3, -0.25) is 0 Å². The Morgan fingerprint density at radius 2 is 2.19 bits per heavy atom. The van der Waals surface area contributed by atoms with Gasteiger partial charge in [-0.2, -0.15) is 0 Å². The molecule has 0 heterocycles. The third-order valence-electron chi connectivity index (χ3n) is 2.51. The van der Waals surface area contributed by atoms with Gasteiger partial charge in [0.25, 0.3) is 0 Å². The van der Waals surface area contributed by atoms with Crippen molar-refractivity contribution in [2.45, 2.75) is 33.2 Å². The van der Waals surface area contributed by atoms with Crippen LogP contribution in [0.15, 0.2) is 18.2 Å². The van der Waals surface area contributed by atoms with Crippen molar-refractivity contribution in [2.24, 2.45) is 0 Å². The molecule has 16 heavy (non-hydrogen) atoms. The number of hydrogen-bond donors (Lipinski definition) is 2. The zero-order valence-corrected chi connectivity index (χ0v) is 10.6. The number of halogens is 1. The van der Waals surface area contributed by atoms with Crippen LogP contribution in [0.1, 0.15) is 25.8 Å². The molecule has 0 aromatic heterocycles. The summed E-state index contributed by atoms with van der Waals surface area (Å²) in [6.07, 6.45) is 0.905. The number of carbonyl (C=O) groups is 1. The molecule has 1 aromatic rings. The first-order chi connectivity index (χ1) is 7.54. The van der Waals surface area contributed by atoms with Crippen LogP contribution in [0.3, 0.4) is 0 Å². The summed E-state index contributed by atoms with van der Waals surface area (Å²) in [7, 11) is 0. The van der Waals surface area contributed by atoms with Gasteiger partial charge in [0, 0.05) is 16.8 Å². The van der Waals surface area contributed by atoms with E-state index in [1.807, 2.05) is 32.9 Å². The lowest BCUT2D eigenvalue weighted by Gasteiger charge is -2.14. The Kier molecular flexibility index (Phi) is 4.62. The van der Waals surface area contributed by atoms with E-state index in [2.05, 4.69) is 10.6 Å². The van der Waals surface area contributed by atoms with Gasteiger partial charge >= 0.3 is 6.03 Å². The standard InChI is InChI=1S/C12H17ClN2O/c1-4-8(2)14-12(16)15-11-7-5-6-10(13)9(11)3/h5-8H,4H2,1-3H3,(H2,14,15,16)/t8-/m1/s1. The molecule has 1 aromatic carbocycles. The lowest BCUT2D eigenvalue weighted by molar-refractivity contribution is 0.249. The second kappa shape index (κ2) is 5.75. The molecule has 0 fully saturated rings. The highest BCUT2D eigenvalue weighted by Crippen LogP contribution is 2.22. The fourth-order valence-electron chi connectivity index (χ4n) is 1.23. The van der Waals surface area contributed by atoms with Crippen molar-refractivity contribution >= 4 is 23.3 Å². The average Bonchev–Trinajstić information content (AvgIpc) is 2.24. The van der Waals surface area contributed by atoms with E-state index in [4.69, 9.17) is 11.6 Å². The molecule has 0 saturated carbocycles. The summed E-state index contributed by atoms with van der Waals surface area (Å²) >= 11 is 5.96. The van der Waals surface area contributed by atoms with Crippen LogP contribution < -0.4 is 10.6 Å². The highest BCUT2D eigenvalue weighted by atomic mass is 35.5. The van der Waals surface area contributed by atoms with Gasteiger partial charge in [0.1, 0.15) is 0 Å². The van der Waals surface area contributed by atoms with Gasteiger partial charge in [0.15, 0.2) is 0 Å². The largest absolute Gasteiger partial charge is 0.335 e. The molecule has 88 valence electrons. The van der Waals surface area contributed by atoms with Crippen molar-refractivity contribution in [3.63, 3.8) is 0 Å². The van der Waals surface area contributed by atoms with Gasteiger partial charge in [0.2, 0.25) is 0 Å². The van der Waals surface area contributed by atoms with Crippen molar-refractivity contribution in [1.82, 2.24) is 5.32 Å². The minimum atomic E-state index is -0.195. The van der Waals surface area contributed by atoms with Crippen LogP contribution in [0.5, 0.6) is 0 Å². The van der Waals surface area contributed by atoms with Gasteiger partial charge in [-0.25, -0.2) is 4.79 Å². The summed E-state index contributed by atoms with van der Waals surface area (Å²) in [6.45, 7) is 5.86. The summed E-state index contributed by atoms with van der Waals surface area (Å²) < 4.78 is 0. The summed E-state index contributed by atoms with van der Waals surface area (Å²) in [4.78, 5) is 11.6. The van der Waals surface area contributed by atoms with Crippen LogP contribution in [0.2, 0.25) is 5.02 Å². The molecule has 4 heteroatoms. The first kappa shape index (κ1) is 12.8. The van der Waals surface area contributed by atoms with Crippen LogP contribution in [0, 0.1) is 6.92 Å². The highest BCUT2D eigenvalue weighted by Gasteiger charge is 2.08. The number of benzene rings is 1. The molecular formula is C12H17ClN2O. The fraction of sp³-hybridized carbons (Fsp3) is 0.417. The number of urea groups is 1. The Morgan fingerprint density at radius 1 is 1.50 bits per heavy atom. The molecule has 2 amide bonds. The molecular weight excluding hydrogens is 224 g/mol. The second-order valence-corrected chi connectivity index (χ2v) is 4.23. The van der Waals surface area contributed by atoms with Crippen molar-refractivity contribution in [2.75, 3.05) is 5.32 Å². The highest BCUT2D eigenvalue weighted by molar-refractivity contribution is 6.31. The lowest BCUT2D eigenvalue weighted by Crippen LogP contribution is -2.35. The monoisotopic (exact) mass is 240 g/mol. The maximum atomic E-state index is 11.6. The van der Waals surface area contributed by atoms with Crippen molar-refractivity contribution in [3.8, 4) is 0 Å². The van der Waals surface area contributed by atoms with Crippen LogP contribution in [-0.4, -0.2) is 12.1 Å². The molecule has 0 saturated heterocycles. The second-order valence-electron chi connectivity index (χ2n) is 3.82. The van der Waals surface area contributed by atoms with Crippen LogP contribution >= 0.6 is 11.6 Å². The van der Waals surface area contributed by atoms with Gasteiger partial charge in [-0.05, 0) is 38.0 Å². The summed E-state index contributed by atoms with van der Waals surface area (Å²) in [5.41, 5.74) is 1.62. The van der Waals surface area contributed by atoms with Gasteiger partial charge in [-0.1, -0.05) is 24.6 Å². The third kappa shape index (κ3) is 3.42. The normalized spacial score (nSPS) is 12.0. The van der Waals surface area contributed by atoms with E-state index in [0.717, 1.165) is 17.7 Å². The molecule has 0 unspecified atom stereocenters. The predicted molar refractivity (Wildman–Crippen MR) is 68.1 cm³/mol. The quantitative estimate of drug-likeness (QED) is 0.833. The smallest absolute Gasteiger partial charge is 0.319 e. The number of nitrogens with one attached hydrogen (secondary N) is 2. The van der Waals surface area contributed by atoms with E-state index in [0.29, 0.717) is 5.02 Å². The Labute approximate surface area is 101 Å². The minimum Gasteiger partial charge on any atom is -0.335 e. The summed E-state index contributed by atoms with van der Waals surface area (Å²) in [5.74, 6) is 0. The Balaban J connectivity index is 2.66.